The van der Waals surface area contributed by atoms with Crippen LogP contribution in [0.1, 0.15) is 44.0 Å². The zero-order valence-corrected chi connectivity index (χ0v) is 13.7. The average Bonchev–Trinajstić information content (AvgIpc) is 2.47. The number of ketones is 1. The van der Waals surface area contributed by atoms with Crippen LogP contribution < -0.4 is 5.32 Å². The molecule has 1 N–H and O–H groups in total. The van der Waals surface area contributed by atoms with E-state index in [9.17, 15) is 18.4 Å². The Morgan fingerprint density at radius 3 is 2.13 bits per heavy atom. The van der Waals surface area contributed by atoms with Crippen LogP contribution in [0.2, 0.25) is 0 Å². The zero-order valence-electron chi connectivity index (χ0n) is 13.7. The topological polar surface area (TPSA) is 55.4 Å². The van der Waals surface area contributed by atoms with Crippen molar-refractivity contribution in [3.05, 3.63) is 35.6 Å². The Morgan fingerprint density at radius 1 is 1.22 bits per heavy atom. The normalized spacial score (nSPS) is 16.7. The van der Waals surface area contributed by atoms with E-state index in [0.717, 1.165) is 0 Å². The highest BCUT2D eigenvalue weighted by Gasteiger charge is 2.39. The first-order valence-corrected chi connectivity index (χ1v) is 7.49. The summed E-state index contributed by atoms with van der Waals surface area (Å²) in [6.07, 6.45) is 0.367. The number of benzene rings is 1. The maximum atomic E-state index is 14.3. The zero-order chi connectivity index (χ0) is 17.5. The van der Waals surface area contributed by atoms with Gasteiger partial charge in [-0.25, -0.2) is 8.78 Å². The fourth-order valence-corrected chi connectivity index (χ4v) is 2.05. The van der Waals surface area contributed by atoms with Crippen molar-refractivity contribution in [2.24, 2.45) is 0 Å². The number of hydrogen-bond acceptors (Lipinski definition) is 4. The maximum Gasteiger partial charge on any atom is 0.293 e. The molecule has 0 unspecified atom stereocenters. The molecule has 0 spiro atoms. The molecule has 0 amide bonds. The van der Waals surface area contributed by atoms with Gasteiger partial charge in [-0.15, -0.1) is 0 Å². The first kappa shape index (κ1) is 19.2. The van der Waals surface area contributed by atoms with Crippen molar-refractivity contribution in [2.45, 2.75) is 44.9 Å². The average molecular weight is 327 g/mol. The van der Waals surface area contributed by atoms with Crippen LogP contribution >= 0.6 is 0 Å². The van der Waals surface area contributed by atoms with Crippen molar-refractivity contribution in [1.82, 2.24) is 5.32 Å². The van der Waals surface area contributed by atoms with Gasteiger partial charge in [-0.2, -0.15) is 0 Å². The first-order chi connectivity index (χ1) is 10.7. The molecule has 1 aliphatic rings. The van der Waals surface area contributed by atoms with Crippen molar-refractivity contribution in [2.75, 3.05) is 13.1 Å². The summed E-state index contributed by atoms with van der Waals surface area (Å²) in [4.78, 5) is 21.5. The predicted molar refractivity (Wildman–Crippen MR) is 83.6 cm³/mol. The Morgan fingerprint density at radius 2 is 1.74 bits per heavy atom. The lowest BCUT2D eigenvalue weighted by atomic mass is 9.86. The molecule has 1 fully saturated rings. The summed E-state index contributed by atoms with van der Waals surface area (Å²) in [5, 5.41) is 3.00. The van der Waals surface area contributed by atoms with E-state index >= 15 is 0 Å². The molecular weight excluding hydrogens is 304 g/mol. The molecule has 1 aromatic carbocycles. The number of nitrogens with one attached hydrogen (secondary N) is 1. The van der Waals surface area contributed by atoms with Gasteiger partial charge in [0.25, 0.3) is 6.47 Å². The summed E-state index contributed by atoms with van der Waals surface area (Å²) in [7, 11) is 0. The van der Waals surface area contributed by atoms with Gasteiger partial charge in [-0.3, -0.25) is 9.59 Å². The van der Waals surface area contributed by atoms with E-state index in [1.807, 2.05) is 20.8 Å². The van der Waals surface area contributed by atoms with Crippen LogP contribution in [0, 0.1) is 5.82 Å². The van der Waals surface area contributed by atoms with E-state index in [1.165, 1.54) is 24.3 Å². The van der Waals surface area contributed by atoms with E-state index in [0.29, 0.717) is 19.6 Å². The Hall–Kier alpha value is -1.82. The lowest BCUT2D eigenvalue weighted by molar-refractivity contribution is -0.138. The molecule has 0 aliphatic carbocycles. The van der Waals surface area contributed by atoms with Gasteiger partial charge in [0.2, 0.25) is 0 Å². The quantitative estimate of drug-likeness (QED) is 0.685. The number of carbonyl (C=O) groups excluding carboxylic acids is 2. The van der Waals surface area contributed by atoms with Crippen LogP contribution in [0.5, 0.6) is 0 Å². The van der Waals surface area contributed by atoms with Crippen molar-refractivity contribution in [1.29, 1.82) is 0 Å². The van der Waals surface area contributed by atoms with Gasteiger partial charge in [0.05, 0.1) is 0 Å². The fourth-order valence-electron chi connectivity index (χ4n) is 2.05. The summed E-state index contributed by atoms with van der Waals surface area (Å²) >= 11 is 0. The number of carbonyl (C=O) groups is 2. The Balaban J connectivity index is 0.000000322. The lowest BCUT2D eigenvalue weighted by Gasteiger charge is -2.28. The van der Waals surface area contributed by atoms with Gasteiger partial charge >= 0.3 is 0 Å². The molecule has 0 atom stereocenters. The van der Waals surface area contributed by atoms with Crippen LogP contribution in [-0.4, -0.2) is 36.6 Å². The molecule has 4 nitrogen and oxygen atoms in total. The third-order valence-corrected chi connectivity index (χ3v) is 3.31. The minimum atomic E-state index is -1.79. The molecule has 23 heavy (non-hydrogen) atoms. The monoisotopic (exact) mass is 327 g/mol. The van der Waals surface area contributed by atoms with Crippen LogP contribution in [0.4, 0.5) is 8.78 Å². The highest BCUT2D eigenvalue weighted by atomic mass is 19.1. The summed E-state index contributed by atoms with van der Waals surface area (Å²) in [5.41, 5.74) is -1.86. The fraction of sp³-hybridized carbons (Fsp3) is 0.529. The van der Waals surface area contributed by atoms with Gasteiger partial charge in [0.1, 0.15) is 11.4 Å². The first-order valence-electron chi connectivity index (χ1n) is 7.49. The van der Waals surface area contributed by atoms with Crippen molar-refractivity contribution in [3.63, 3.8) is 0 Å². The second-order valence-electron chi connectivity index (χ2n) is 6.38. The summed E-state index contributed by atoms with van der Waals surface area (Å²) in [6.45, 7) is 6.93. The molecule has 128 valence electrons. The number of ether oxygens (including phenoxy) is 1. The van der Waals surface area contributed by atoms with E-state index < -0.39 is 17.3 Å². The number of hydrogen-bond donors (Lipinski definition) is 1. The van der Waals surface area contributed by atoms with E-state index in [-0.39, 0.29) is 24.0 Å². The van der Waals surface area contributed by atoms with Crippen molar-refractivity contribution >= 4 is 12.3 Å². The Kier molecular flexibility index (Phi) is 6.81. The molecule has 2 rings (SSSR count). The molecular formula is C17H23F2NO3. The van der Waals surface area contributed by atoms with Crippen molar-refractivity contribution in [3.8, 4) is 0 Å². The smallest absolute Gasteiger partial charge is 0.293 e. The third kappa shape index (κ3) is 6.44. The van der Waals surface area contributed by atoms with Crippen LogP contribution in [-0.2, 0) is 9.53 Å². The third-order valence-electron chi connectivity index (χ3n) is 3.31. The summed E-state index contributed by atoms with van der Waals surface area (Å²) in [5.74, 6) is -0.955. The summed E-state index contributed by atoms with van der Waals surface area (Å²) < 4.78 is 31.5. The molecule has 1 aliphatic heterocycles. The Labute approximate surface area is 135 Å². The van der Waals surface area contributed by atoms with Crippen molar-refractivity contribution < 1.29 is 23.1 Å². The van der Waals surface area contributed by atoms with Crippen LogP contribution in [0.3, 0.4) is 0 Å². The van der Waals surface area contributed by atoms with Crippen LogP contribution in [0.25, 0.3) is 0 Å². The van der Waals surface area contributed by atoms with Gasteiger partial charge < -0.3 is 10.1 Å². The molecule has 0 saturated carbocycles. The highest BCUT2D eigenvalue weighted by Crippen LogP contribution is 2.27. The highest BCUT2D eigenvalue weighted by molar-refractivity contribution is 6.02. The molecule has 0 bridgehead atoms. The molecule has 1 saturated heterocycles. The van der Waals surface area contributed by atoms with E-state index in [2.05, 4.69) is 10.1 Å². The SMILES string of the molecule is CC(C)(C)OC=O.O=C(c1ccc(F)cc1)C1(F)CCNCC1. The number of rotatable bonds is 3. The van der Waals surface area contributed by atoms with Gasteiger partial charge in [0.15, 0.2) is 11.5 Å². The maximum absolute atomic E-state index is 14.3. The summed E-state index contributed by atoms with van der Waals surface area (Å²) in [6, 6.07) is 5.03. The molecule has 1 aromatic rings. The molecule has 0 aromatic heterocycles. The minimum absolute atomic E-state index is 0.184. The second-order valence-corrected chi connectivity index (χ2v) is 6.38. The predicted octanol–water partition coefficient (Wildman–Crippen LogP) is 3.06. The van der Waals surface area contributed by atoms with E-state index in [4.69, 9.17) is 0 Å². The second kappa shape index (κ2) is 8.15. The van der Waals surface area contributed by atoms with E-state index in [1.54, 1.807) is 0 Å². The number of halogens is 2. The Bertz CT molecular complexity index is 518. The largest absolute Gasteiger partial charge is 0.462 e. The number of Topliss-reactive ketones (excluding diaryl/α,β-unsaturated/α-hetero) is 1. The standard InChI is InChI=1S/C12H13F2NO.C5H10O2/c13-10-3-1-9(2-4-10)11(16)12(14)5-7-15-8-6-12;1-5(2,3)7-4-6/h1-4,15H,5-8H2;4H,1-3H3. The lowest BCUT2D eigenvalue weighted by Crippen LogP contribution is -2.44. The number of piperidine rings is 1. The van der Waals surface area contributed by atoms with Gasteiger partial charge in [-0.05, 0) is 58.1 Å². The molecule has 0 radical (unpaired) electrons. The minimum Gasteiger partial charge on any atom is -0.462 e. The van der Waals surface area contributed by atoms with Gasteiger partial charge in [-0.1, -0.05) is 0 Å². The molecule has 1 heterocycles. The molecule has 6 heteroatoms. The van der Waals surface area contributed by atoms with Crippen LogP contribution in [0.15, 0.2) is 24.3 Å². The van der Waals surface area contributed by atoms with Gasteiger partial charge in [0, 0.05) is 18.4 Å². The number of alkyl halides is 1.